The fourth-order valence-electron chi connectivity index (χ4n) is 2.67. The Morgan fingerprint density at radius 1 is 0.808 bits per heavy atom. The summed E-state index contributed by atoms with van der Waals surface area (Å²) in [5.41, 5.74) is 3.44. The number of rotatable bonds is 5. The summed E-state index contributed by atoms with van der Waals surface area (Å²) in [6.45, 7) is 1.80. The maximum Gasteiger partial charge on any atom is 0.277 e. The van der Waals surface area contributed by atoms with Crippen LogP contribution in [0.25, 0.3) is 12.2 Å². The second-order valence-electron chi connectivity index (χ2n) is 6.10. The van der Waals surface area contributed by atoms with E-state index in [0.29, 0.717) is 5.56 Å². The first kappa shape index (κ1) is 17.6. The van der Waals surface area contributed by atoms with Gasteiger partial charge in [0.05, 0.1) is 6.04 Å². The van der Waals surface area contributed by atoms with Crippen LogP contribution in [0.3, 0.4) is 0 Å². The van der Waals surface area contributed by atoms with Gasteiger partial charge in [-0.25, -0.2) is 5.06 Å². The third-order valence-corrected chi connectivity index (χ3v) is 4.28. The van der Waals surface area contributed by atoms with Crippen LogP contribution in [-0.2, 0) is 0 Å². The van der Waals surface area contributed by atoms with Crippen LogP contribution in [0.15, 0.2) is 84.9 Å². The Hall–Kier alpha value is -3.17. The summed E-state index contributed by atoms with van der Waals surface area (Å²) in [4.78, 5) is 12.5. The first-order chi connectivity index (χ1) is 12.6. The lowest BCUT2D eigenvalue weighted by molar-refractivity contribution is -0.0854. The highest BCUT2D eigenvalue weighted by Gasteiger charge is 2.20. The number of carbonyl (C=O) groups excluding carboxylic acids is 1. The van der Waals surface area contributed by atoms with Gasteiger partial charge >= 0.3 is 0 Å². The topological polar surface area (TPSA) is 40.5 Å². The molecule has 0 aromatic heterocycles. The highest BCUT2D eigenvalue weighted by atomic mass is 16.5. The Morgan fingerprint density at radius 2 is 1.31 bits per heavy atom. The van der Waals surface area contributed by atoms with Crippen molar-refractivity contribution in [2.24, 2.45) is 0 Å². The van der Waals surface area contributed by atoms with Gasteiger partial charge in [-0.05, 0) is 35.7 Å². The molecule has 1 unspecified atom stereocenters. The minimum absolute atomic E-state index is 0.415. The predicted octanol–water partition coefficient (Wildman–Crippen LogP) is 5.45. The molecule has 0 aliphatic heterocycles. The molecule has 1 N–H and O–H groups in total. The fourth-order valence-corrected chi connectivity index (χ4v) is 2.67. The third-order valence-electron chi connectivity index (χ3n) is 4.28. The minimum Gasteiger partial charge on any atom is -0.285 e. The van der Waals surface area contributed by atoms with Gasteiger partial charge in [0.2, 0.25) is 0 Å². The minimum atomic E-state index is -0.417. The highest BCUT2D eigenvalue weighted by molar-refractivity contribution is 5.94. The standard InChI is InChI=1S/C23H21NO2/c1-18(21-10-6-3-7-11-21)24(26)23(25)22-16-14-20(15-17-22)13-12-19-8-4-2-5-9-19/h2-18,26H,1H3. The summed E-state index contributed by atoms with van der Waals surface area (Å²) in [5.74, 6) is -0.417. The Morgan fingerprint density at radius 3 is 1.88 bits per heavy atom. The number of amides is 1. The monoisotopic (exact) mass is 343 g/mol. The van der Waals surface area contributed by atoms with Gasteiger partial charge in [-0.15, -0.1) is 0 Å². The molecule has 26 heavy (non-hydrogen) atoms. The largest absolute Gasteiger partial charge is 0.285 e. The molecular weight excluding hydrogens is 322 g/mol. The van der Waals surface area contributed by atoms with E-state index in [4.69, 9.17) is 0 Å². The van der Waals surface area contributed by atoms with Gasteiger partial charge in [-0.3, -0.25) is 10.0 Å². The van der Waals surface area contributed by atoms with Crippen LogP contribution < -0.4 is 0 Å². The van der Waals surface area contributed by atoms with Crippen LogP contribution in [0, 0.1) is 0 Å². The Balaban J connectivity index is 1.69. The normalized spacial score (nSPS) is 12.1. The van der Waals surface area contributed by atoms with Crippen molar-refractivity contribution in [1.82, 2.24) is 5.06 Å². The number of nitrogens with zero attached hydrogens (tertiary/aromatic N) is 1. The van der Waals surface area contributed by atoms with Crippen molar-refractivity contribution in [3.8, 4) is 0 Å². The van der Waals surface area contributed by atoms with Gasteiger partial charge in [0, 0.05) is 5.56 Å². The molecule has 0 heterocycles. The molecule has 0 spiro atoms. The quantitative estimate of drug-likeness (QED) is 0.380. The maximum atomic E-state index is 12.5. The van der Waals surface area contributed by atoms with Crippen LogP contribution in [0.4, 0.5) is 0 Å². The van der Waals surface area contributed by atoms with Gasteiger partial charge in [-0.1, -0.05) is 84.9 Å². The number of benzene rings is 3. The predicted molar refractivity (Wildman–Crippen MR) is 105 cm³/mol. The molecule has 0 aliphatic rings. The van der Waals surface area contributed by atoms with Crippen molar-refractivity contribution < 1.29 is 10.0 Å². The molecular formula is C23H21NO2. The van der Waals surface area contributed by atoms with Crippen molar-refractivity contribution in [3.63, 3.8) is 0 Å². The van der Waals surface area contributed by atoms with Crippen molar-refractivity contribution in [3.05, 3.63) is 107 Å². The lowest BCUT2D eigenvalue weighted by atomic mass is 10.1. The lowest BCUT2D eigenvalue weighted by Gasteiger charge is -2.23. The maximum absolute atomic E-state index is 12.5. The van der Waals surface area contributed by atoms with Crippen molar-refractivity contribution in [2.75, 3.05) is 0 Å². The highest BCUT2D eigenvalue weighted by Crippen LogP contribution is 2.20. The number of hydrogen-bond donors (Lipinski definition) is 1. The molecule has 3 rings (SSSR count). The average molecular weight is 343 g/mol. The first-order valence-corrected chi connectivity index (χ1v) is 8.56. The van der Waals surface area contributed by atoms with Crippen molar-refractivity contribution in [1.29, 1.82) is 0 Å². The van der Waals surface area contributed by atoms with Crippen molar-refractivity contribution >= 4 is 18.1 Å². The van der Waals surface area contributed by atoms with Crippen molar-refractivity contribution in [2.45, 2.75) is 13.0 Å². The molecule has 1 amide bonds. The van der Waals surface area contributed by atoms with E-state index in [0.717, 1.165) is 21.8 Å². The SMILES string of the molecule is CC(c1ccccc1)N(O)C(=O)c1ccc(C=Cc2ccccc2)cc1. The molecule has 0 saturated carbocycles. The Bertz CT molecular complexity index is 871. The zero-order chi connectivity index (χ0) is 18.4. The second kappa shape index (κ2) is 8.28. The molecule has 0 saturated heterocycles. The van der Waals surface area contributed by atoms with Gasteiger partial charge in [0.1, 0.15) is 0 Å². The smallest absolute Gasteiger partial charge is 0.277 e. The van der Waals surface area contributed by atoms with E-state index in [1.165, 1.54) is 0 Å². The van der Waals surface area contributed by atoms with E-state index in [2.05, 4.69) is 0 Å². The van der Waals surface area contributed by atoms with Crippen LogP contribution in [-0.4, -0.2) is 16.2 Å². The zero-order valence-corrected chi connectivity index (χ0v) is 14.6. The third kappa shape index (κ3) is 4.26. The summed E-state index contributed by atoms with van der Waals surface area (Å²) >= 11 is 0. The molecule has 3 nitrogen and oxygen atoms in total. The van der Waals surface area contributed by atoms with E-state index in [-0.39, 0.29) is 0 Å². The van der Waals surface area contributed by atoms with Crippen LogP contribution in [0.2, 0.25) is 0 Å². The van der Waals surface area contributed by atoms with E-state index in [1.54, 1.807) is 19.1 Å². The molecule has 130 valence electrons. The van der Waals surface area contributed by atoms with Gasteiger partial charge in [0.25, 0.3) is 5.91 Å². The van der Waals surface area contributed by atoms with Gasteiger partial charge < -0.3 is 0 Å². The molecule has 0 fully saturated rings. The molecule has 1 atom stereocenters. The van der Waals surface area contributed by atoms with Crippen LogP contribution in [0.5, 0.6) is 0 Å². The first-order valence-electron chi connectivity index (χ1n) is 8.56. The van der Waals surface area contributed by atoms with E-state index in [1.807, 2.05) is 84.9 Å². The van der Waals surface area contributed by atoms with Crippen LogP contribution in [0.1, 0.15) is 40.0 Å². The van der Waals surface area contributed by atoms with E-state index >= 15 is 0 Å². The number of hydroxylamine groups is 2. The number of hydrogen-bond acceptors (Lipinski definition) is 2. The molecule has 0 bridgehead atoms. The Kier molecular flexibility index (Phi) is 5.62. The molecule has 0 radical (unpaired) electrons. The molecule has 3 aromatic carbocycles. The summed E-state index contributed by atoms with van der Waals surface area (Å²) in [7, 11) is 0. The van der Waals surface area contributed by atoms with E-state index in [9.17, 15) is 10.0 Å². The molecule has 0 aliphatic carbocycles. The van der Waals surface area contributed by atoms with Crippen LogP contribution >= 0.6 is 0 Å². The zero-order valence-electron chi connectivity index (χ0n) is 14.6. The van der Waals surface area contributed by atoms with Gasteiger partial charge in [-0.2, -0.15) is 0 Å². The number of carbonyl (C=O) groups is 1. The summed E-state index contributed by atoms with van der Waals surface area (Å²) in [6.07, 6.45) is 4.01. The van der Waals surface area contributed by atoms with E-state index < -0.39 is 11.9 Å². The Labute approximate surface area is 153 Å². The molecule has 3 heteroatoms. The fraction of sp³-hybridized carbons (Fsp3) is 0.0870. The summed E-state index contributed by atoms with van der Waals surface area (Å²) in [5, 5.41) is 11.1. The summed E-state index contributed by atoms with van der Waals surface area (Å²) < 4.78 is 0. The summed E-state index contributed by atoms with van der Waals surface area (Å²) in [6, 6.07) is 26.3. The second-order valence-corrected chi connectivity index (χ2v) is 6.10. The average Bonchev–Trinajstić information content (AvgIpc) is 2.72. The molecule has 3 aromatic rings. The van der Waals surface area contributed by atoms with Gasteiger partial charge in [0.15, 0.2) is 0 Å². The lowest BCUT2D eigenvalue weighted by Crippen LogP contribution is -2.30.